The molecule has 1 rings (SSSR count). The minimum absolute atomic E-state index is 0.0575. The van der Waals surface area contributed by atoms with Crippen LogP contribution < -0.4 is 5.32 Å². The molecule has 2 amide bonds. The lowest BCUT2D eigenvalue weighted by Crippen LogP contribution is -2.45. The molecule has 0 radical (unpaired) electrons. The molecule has 1 N–H and O–H groups in total. The summed E-state index contributed by atoms with van der Waals surface area (Å²) in [6.45, 7) is 9.99. The standard InChI is InChI=1S/C38H74N2O4/c1-5-7-9-11-13-15-17-18-19-20-21-22-24-26-28-30-37(42)40(32-35-34-43-38(3,4)44-35)33-36(41)39-31-29-27-25-23-16-14-12-10-8-6-2/h35H,5-34H2,1-4H3,(H,39,41). The fraction of sp³-hybridized carbons (Fsp3) is 0.947. The van der Waals surface area contributed by atoms with E-state index in [9.17, 15) is 9.59 Å². The average molecular weight is 623 g/mol. The highest BCUT2D eigenvalue weighted by molar-refractivity contribution is 5.84. The third kappa shape index (κ3) is 24.1. The summed E-state index contributed by atoms with van der Waals surface area (Å²) in [6, 6.07) is 0. The second-order valence-electron chi connectivity index (χ2n) is 14.0. The van der Waals surface area contributed by atoms with Crippen LogP contribution in [0.25, 0.3) is 0 Å². The summed E-state index contributed by atoms with van der Waals surface area (Å²) in [5.74, 6) is -0.642. The molecular weight excluding hydrogens is 548 g/mol. The predicted molar refractivity (Wildman–Crippen MR) is 186 cm³/mol. The first-order chi connectivity index (χ1) is 21.4. The van der Waals surface area contributed by atoms with Gasteiger partial charge in [-0.15, -0.1) is 0 Å². The number of carbonyl (C=O) groups is 2. The Bertz CT molecular complexity index is 684. The second-order valence-corrected chi connectivity index (χ2v) is 14.0. The Hall–Kier alpha value is -1.14. The van der Waals surface area contributed by atoms with Crippen molar-refractivity contribution in [3.8, 4) is 0 Å². The SMILES string of the molecule is CCCCCCCCCCCCCCCCCC(=O)N(CC(=O)NCCCCCCCCCCCC)CC1COC(C)(C)O1. The lowest BCUT2D eigenvalue weighted by molar-refractivity contribution is -0.148. The summed E-state index contributed by atoms with van der Waals surface area (Å²) in [6.07, 6.45) is 32.7. The third-order valence-corrected chi connectivity index (χ3v) is 9.03. The Morgan fingerprint density at radius 3 is 1.45 bits per heavy atom. The van der Waals surface area contributed by atoms with Crippen LogP contribution in [-0.4, -0.2) is 54.8 Å². The molecule has 1 unspecified atom stereocenters. The van der Waals surface area contributed by atoms with Crippen LogP contribution in [0.5, 0.6) is 0 Å². The van der Waals surface area contributed by atoms with Gasteiger partial charge in [0.15, 0.2) is 5.79 Å². The van der Waals surface area contributed by atoms with Crippen molar-refractivity contribution in [1.29, 1.82) is 0 Å². The molecule has 0 aromatic carbocycles. The van der Waals surface area contributed by atoms with Crippen LogP contribution >= 0.6 is 0 Å². The Morgan fingerprint density at radius 1 is 0.636 bits per heavy atom. The van der Waals surface area contributed by atoms with Gasteiger partial charge in [0.05, 0.1) is 13.2 Å². The van der Waals surface area contributed by atoms with Gasteiger partial charge < -0.3 is 19.7 Å². The highest BCUT2D eigenvalue weighted by atomic mass is 16.7. The van der Waals surface area contributed by atoms with Crippen LogP contribution in [0.15, 0.2) is 0 Å². The summed E-state index contributed by atoms with van der Waals surface area (Å²) in [7, 11) is 0. The van der Waals surface area contributed by atoms with Crippen molar-refractivity contribution in [3.63, 3.8) is 0 Å². The number of nitrogens with one attached hydrogen (secondary N) is 1. The van der Waals surface area contributed by atoms with Crippen molar-refractivity contribution in [2.45, 2.75) is 207 Å². The maximum absolute atomic E-state index is 13.2. The smallest absolute Gasteiger partial charge is 0.239 e. The van der Waals surface area contributed by atoms with Crippen LogP contribution in [0.3, 0.4) is 0 Å². The van der Waals surface area contributed by atoms with Crippen molar-refractivity contribution in [3.05, 3.63) is 0 Å². The Morgan fingerprint density at radius 2 is 1.05 bits per heavy atom. The molecule has 1 saturated heterocycles. The number of hydrogen-bond acceptors (Lipinski definition) is 4. The number of rotatable bonds is 31. The molecule has 6 nitrogen and oxygen atoms in total. The maximum atomic E-state index is 13.2. The molecule has 0 aromatic rings. The van der Waals surface area contributed by atoms with Crippen molar-refractivity contribution in [2.75, 3.05) is 26.2 Å². The molecule has 44 heavy (non-hydrogen) atoms. The van der Waals surface area contributed by atoms with E-state index >= 15 is 0 Å². The van der Waals surface area contributed by atoms with Crippen LogP contribution in [-0.2, 0) is 19.1 Å². The first-order valence-corrected chi connectivity index (χ1v) is 19.2. The lowest BCUT2D eigenvalue weighted by atomic mass is 10.0. The number of ether oxygens (including phenoxy) is 2. The first-order valence-electron chi connectivity index (χ1n) is 19.2. The number of carbonyl (C=O) groups excluding carboxylic acids is 2. The number of unbranched alkanes of at least 4 members (excludes halogenated alkanes) is 23. The van der Waals surface area contributed by atoms with E-state index in [4.69, 9.17) is 9.47 Å². The zero-order chi connectivity index (χ0) is 32.1. The van der Waals surface area contributed by atoms with Crippen LogP contribution in [0, 0.1) is 0 Å². The molecule has 0 bridgehead atoms. The van der Waals surface area contributed by atoms with E-state index in [2.05, 4.69) is 19.2 Å². The summed E-state index contributed by atoms with van der Waals surface area (Å²) in [4.78, 5) is 27.6. The quantitative estimate of drug-likeness (QED) is 0.0781. The molecule has 6 heteroatoms. The average Bonchev–Trinajstić information content (AvgIpc) is 3.35. The highest BCUT2D eigenvalue weighted by Crippen LogP contribution is 2.23. The van der Waals surface area contributed by atoms with E-state index < -0.39 is 5.79 Å². The van der Waals surface area contributed by atoms with Gasteiger partial charge in [0.2, 0.25) is 11.8 Å². The Balaban J connectivity index is 2.19. The van der Waals surface area contributed by atoms with Gasteiger partial charge >= 0.3 is 0 Å². The molecule has 0 aliphatic carbocycles. The summed E-state index contributed by atoms with van der Waals surface area (Å²) < 4.78 is 11.7. The molecule has 1 atom stereocenters. The van der Waals surface area contributed by atoms with Gasteiger partial charge in [-0.25, -0.2) is 0 Å². The van der Waals surface area contributed by atoms with E-state index in [0.29, 0.717) is 26.1 Å². The first kappa shape index (κ1) is 40.9. The summed E-state index contributed by atoms with van der Waals surface area (Å²) in [5.41, 5.74) is 0. The molecule has 260 valence electrons. The molecule has 0 aromatic heterocycles. The van der Waals surface area contributed by atoms with Gasteiger partial charge in [-0.05, 0) is 26.7 Å². The van der Waals surface area contributed by atoms with Gasteiger partial charge in [0.1, 0.15) is 6.10 Å². The molecule has 0 saturated carbocycles. The van der Waals surface area contributed by atoms with Gasteiger partial charge in [-0.1, -0.05) is 162 Å². The van der Waals surface area contributed by atoms with E-state index in [-0.39, 0.29) is 24.5 Å². The summed E-state index contributed by atoms with van der Waals surface area (Å²) >= 11 is 0. The molecule has 1 fully saturated rings. The zero-order valence-electron chi connectivity index (χ0n) is 29.9. The van der Waals surface area contributed by atoms with Crippen LogP contribution in [0.1, 0.15) is 195 Å². The molecular formula is C38H74N2O4. The second kappa shape index (κ2) is 28.1. The largest absolute Gasteiger partial charge is 0.355 e. The van der Waals surface area contributed by atoms with E-state index in [1.165, 1.54) is 135 Å². The number of hydrogen-bond donors (Lipinski definition) is 1. The summed E-state index contributed by atoms with van der Waals surface area (Å²) in [5, 5.41) is 3.05. The van der Waals surface area contributed by atoms with Crippen molar-refractivity contribution < 1.29 is 19.1 Å². The Labute approximate surface area is 273 Å². The van der Waals surface area contributed by atoms with Crippen LogP contribution in [0.2, 0.25) is 0 Å². The molecule has 1 heterocycles. The topological polar surface area (TPSA) is 67.9 Å². The van der Waals surface area contributed by atoms with E-state index in [0.717, 1.165) is 25.7 Å². The van der Waals surface area contributed by atoms with E-state index in [1.54, 1.807) is 4.90 Å². The van der Waals surface area contributed by atoms with Crippen molar-refractivity contribution >= 4 is 11.8 Å². The predicted octanol–water partition coefficient (Wildman–Crippen LogP) is 10.3. The van der Waals surface area contributed by atoms with Crippen molar-refractivity contribution in [1.82, 2.24) is 10.2 Å². The monoisotopic (exact) mass is 623 g/mol. The minimum atomic E-state index is -0.634. The van der Waals surface area contributed by atoms with Gasteiger partial charge in [-0.3, -0.25) is 9.59 Å². The van der Waals surface area contributed by atoms with Crippen LogP contribution in [0.4, 0.5) is 0 Å². The van der Waals surface area contributed by atoms with Gasteiger partial charge in [0, 0.05) is 19.5 Å². The number of amides is 2. The molecule has 1 aliphatic rings. The fourth-order valence-corrected chi connectivity index (χ4v) is 6.23. The molecule has 0 spiro atoms. The van der Waals surface area contributed by atoms with Gasteiger partial charge in [-0.2, -0.15) is 0 Å². The molecule has 1 aliphatic heterocycles. The highest BCUT2D eigenvalue weighted by Gasteiger charge is 2.34. The Kier molecular flexibility index (Phi) is 26.1. The normalized spacial score (nSPS) is 16.0. The lowest BCUT2D eigenvalue weighted by Gasteiger charge is -2.25. The van der Waals surface area contributed by atoms with Gasteiger partial charge in [0.25, 0.3) is 0 Å². The number of nitrogens with zero attached hydrogens (tertiary/aromatic N) is 1. The fourth-order valence-electron chi connectivity index (χ4n) is 6.23. The van der Waals surface area contributed by atoms with Crippen molar-refractivity contribution in [2.24, 2.45) is 0 Å². The maximum Gasteiger partial charge on any atom is 0.239 e. The zero-order valence-corrected chi connectivity index (χ0v) is 29.9. The third-order valence-electron chi connectivity index (χ3n) is 9.03. The van der Waals surface area contributed by atoms with E-state index in [1.807, 2.05) is 13.8 Å². The minimum Gasteiger partial charge on any atom is -0.355 e.